The van der Waals surface area contributed by atoms with Gasteiger partial charge in [-0.25, -0.2) is 0 Å². The largest absolute Gasteiger partial charge is 0.361 e. The van der Waals surface area contributed by atoms with Crippen molar-refractivity contribution < 1.29 is 9.32 Å². The molecule has 0 saturated heterocycles. The first-order valence-corrected chi connectivity index (χ1v) is 7.00. The van der Waals surface area contributed by atoms with Gasteiger partial charge < -0.3 is 9.84 Å². The van der Waals surface area contributed by atoms with E-state index in [1.54, 1.807) is 6.92 Å². The summed E-state index contributed by atoms with van der Waals surface area (Å²) in [5.74, 6) is 0.786. The third-order valence-electron chi connectivity index (χ3n) is 3.88. The molecule has 2 atom stereocenters. The van der Waals surface area contributed by atoms with E-state index < -0.39 is 0 Å². The molecule has 2 aromatic rings. The molecule has 1 aliphatic rings. The fraction of sp³-hybridized carbons (Fsp3) is 0.333. The highest BCUT2D eigenvalue weighted by molar-refractivity contribution is 6.30. The summed E-state index contributed by atoms with van der Waals surface area (Å²) < 4.78 is 4.92. The molecule has 1 N–H and O–H groups in total. The van der Waals surface area contributed by atoms with Crippen LogP contribution in [-0.2, 0) is 0 Å². The van der Waals surface area contributed by atoms with Crippen molar-refractivity contribution in [2.75, 3.05) is 0 Å². The topological polar surface area (TPSA) is 55.1 Å². The molecule has 20 heavy (non-hydrogen) atoms. The van der Waals surface area contributed by atoms with Crippen molar-refractivity contribution in [3.05, 3.63) is 52.4 Å². The van der Waals surface area contributed by atoms with Crippen molar-refractivity contribution in [3.8, 4) is 0 Å². The Labute approximate surface area is 122 Å². The summed E-state index contributed by atoms with van der Waals surface area (Å²) in [6.45, 7) is 1.74. The van der Waals surface area contributed by atoms with Gasteiger partial charge in [0, 0.05) is 17.0 Å². The van der Waals surface area contributed by atoms with Crippen LogP contribution >= 0.6 is 11.6 Å². The lowest BCUT2D eigenvalue weighted by Gasteiger charge is -2.37. The molecule has 1 aliphatic carbocycles. The second kappa shape index (κ2) is 5.29. The summed E-state index contributed by atoms with van der Waals surface area (Å²) in [6, 6.07) is 7.99. The Kier molecular flexibility index (Phi) is 3.49. The molecular weight excluding hydrogens is 276 g/mol. The van der Waals surface area contributed by atoms with Gasteiger partial charge in [-0.15, -0.1) is 0 Å². The quantitative estimate of drug-likeness (QED) is 0.943. The number of nitrogens with zero attached hydrogens (tertiary/aromatic N) is 1. The number of carbonyl (C=O) groups excluding carboxylic acids is 1. The van der Waals surface area contributed by atoms with Crippen LogP contribution in [0.1, 0.15) is 40.4 Å². The molecule has 1 aromatic heterocycles. The first kappa shape index (κ1) is 13.2. The number of rotatable bonds is 3. The van der Waals surface area contributed by atoms with Crippen molar-refractivity contribution in [3.63, 3.8) is 0 Å². The van der Waals surface area contributed by atoms with Gasteiger partial charge in [0.2, 0.25) is 0 Å². The molecule has 0 unspecified atom stereocenters. The van der Waals surface area contributed by atoms with E-state index in [1.165, 1.54) is 11.8 Å². The van der Waals surface area contributed by atoms with E-state index >= 15 is 0 Å². The van der Waals surface area contributed by atoms with Crippen LogP contribution in [0.3, 0.4) is 0 Å². The molecule has 0 spiro atoms. The molecule has 3 rings (SSSR count). The Morgan fingerprint density at radius 2 is 2.10 bits per heavy atom. The van der Waals surface area contributed by atoms with E-state index in [2.05, 4.69) is 10.5 Å². The number of hydrogen-bond donors (Lipinski definition) is 1. The Hall–Kier alpha value is -1.81. The van der Waals surface area contributed by atoms with Gasteiger partial charge in [-0.3, -0.25) is 4.79 Å². The van der Waals surface area contributed by atoms with Gasteiger partial charge in [-0.05, 0) is 37.5 Å². The van der Waals surface area contributed by atoms with E-state index in [-0.39, 0.29) is 11.9 Å². The Bertz CT molecular complexity index is 621. The zero-order valence-corrected chi connectivity index (χ0v) is 11.9. The molecule has 1 amide bonds. The van der Waals surface area contributed by atoms with E-state index in [0.717, 1.165) is 17.9 Å². The number of benzene rings is 1. The molecule has 5 heteroatoms. The van der Waals surface area contributed by atoms with Crippen LogP contribution in [0.5, 0.6) is 0 Å². The smallest absolute Gasteiger partial charge is 0.256 e. The van der Waals surface area contributed by atoms with Crippen LogP contribution in [0.2, 0.25) is 5.02 Å². The lowest BCUT2D eigenvalue weighted by atomic mass is 9.75. The van der Waals surface area contributed by atoms with Gasteiger partial charge in [0.05, 0.1) is 6.20 Å². The Balaban J connectivity index is 1.68. The number of carbonyl (C=O) groups is 1. The van der Waals surface area contributed by atoms with E-state index in [9.17, 15) is 4.79 Å². The highest BCUT2D eigenvalue weighted by Gasteiger charge is 2.33. The summed E-state index contributed by atoms with van der Waals surface area (Å²) in [6.07, 6.45) is 3.53. The van der Waals surface area contributed by atoms with Crippen LogP contribution in [0.4, 0.5) is 0 Å². The van der Waals surface area contributed by atoms with Gasteiger partial charge in [0.1, 0.15) is 11.3 Å². The van der Waals surface area contributed by atoms with Crippen molar-refractivity contribution >= 4 is 17.5 Å². The molecule has 0 radical (unpaired) electrons. The zero-order valence-electron chi connectivity index (χ0n) is 11.1. The summed E-state index contributed by atoms with van der Waals surface area (Å²) in [7, 11) is 0. The third-order valence-corrected chi connectivity index (χ3v) is 4.14. The van der Waals surface area contributed by atoms with Gasteiger partial charge in [-0.1, -0.05) is 28.9 Å². The second-order valence-corrected chi connectivity index (χ2v) is 5.55. The minimum absolute atomic E-state index is 0.118. The van der Waals surface area contributed by atoms with Crippen molar-refractivity contribution in [2.45, 2.75) is 31.7 Å². The normalized spacial score (nSPS) is 21.3. The molecular formula is C15H15ClN2O2. The maximum absolute atomic E-state index is 12.1. The summed E-state index contributed by atoms with van der Waals surface area (Å²) in [5, 5.41) is 7.41. The lowest BCUT2D eigenvalue weighted by molar-refractivity contribution is 0.0903. The van der Waals surface area contributed by atoms with Crippen molar-refractivity contribution in [1.29, 1.82) is 0 Å². The van der Waals surface area contributed by atoms with E-state index in [4.69, 9.17) is 16.1 Å². The van der Waals surface area contributed by atoms with Crippen LogP contribution in [0.15, 0.2) is 35.0 Å². The molecule has 0 aliphatic heterocycles. The second-order valence-electron chi connectivity index (χ2n) is 5.11. The van der Waals surface area contributed by atoms with Crippen molar-refractivity contribution in [1.82, 2.24) is 10.5 Å². The molecule has 0 bridgehead atoms. The standard InChI is InChI=1S/C15H15ClN2O2/c1-9-13(8-17-20-9)15(19)18-14-7-6-12(14)10-2-4-11(16)5-3-10/h2-5,8,12,14H,6-7H2,1H3,(H,18,19)/t12-,14-/m0/s1. The maximum atomic E-state index is 12.1. The van der Waals surface area contributed by atoms with Gasteiger partial charge >= 0.3 is 0 Å². The van der Waals surface area contributed by atoms with Crippen LogP contribution in [0, 0.1) is 6.92 Å². The van der Waals surface area contributed by atoms with E-state index in [1.807, 2.05) is 24.3 Å². The molecule has 1 aromatic carbocycles. The molecule has 1 fully saturated rings. The minimum Gasteiger partial charge on any atom is -0.361 e. The molecule has 4 nitrogen and oxygen atoms in total. The van der Waals surface area contributed by atoms with Gasteiger partial charge in [0.15, 0.2) is 0 Å². The maximum Gasteiger partial charge on any atom is 0.256 e. The monoisotopic (exact) mass is 290 g/mol. The van der Waals surface area contributed by atoms with Gasteiger partial charge in [0.25, 0.3) is 5.91 Å². The number of aryl methyl sites for hydroxylation is 1. The summed E-state index contributed by atoms with van der Waals surface area (Å²) in [5.41, 5.74) is 1.72. The van der Waals surface area contributed by atoms with Crippen LogP contribution in [0.25, 0.3) is 0 Å². The first-order chi connectivity index (χ1) is 9.65. The number of hydrogen-bond acceptors (Lipinski definition) is 3. The number of aromatic nitrogens is 1. The molecule has 1 saturated carbocycles. The van der Waals surface area contributed by atoms with E-state index in [0.29, 0.717) is 17.2 Å². The fourth-order valence-corrected chi connectivity index (χ4v) is 2.67. The molecule has 104 valence electrons. The number of amides is 1. The lowest BCUT2D eigenvalue weighted by Crippen LogP contribution is -2.45. The average Bonchev–Trinajstić information content (AvgIpc) is 2.83. The molecule has 1 heterocycles. The fourth-order valence-electron chi connectivity index (χ4n) is 2.54. The predicted octanol–water partition coefficient (Wildman–Crippen LogP) is 3.31. The summed E-state index contributed by atoms with van der Waals surface area (Å²) in [4.78, 5) is 12.1. The van der Waals surface area contributed by atoms with Crippen molar-refractivity contribution in [2.24, 2.45) is 0 Å². The Morgan fingerprint density at radius 3 is 2.65 bits per heavy atom. The van der Waals surface area contributed by atoms with Gasteiger partial charge in [-0.2, -0.15) is 0 Å². The summed E-state index contributed by atoms with van der Waals surface area (Å²) >= 11 is 5.90. The first-order valence-electron chi connectivity index (χ1n) is 6.63. The average molecular weight is 291 g/mol. The highest BCUT2D eigenvalue weighted by atomic mass is 35.5. The third kappa shape index (κ3) is 2.43. The Morgan fingerprint density at radius 1 is 1.35 bits per heavy atom. The minimum atomic E-state index is -0.118. The number of halogens is 1. The van der Waals surface area contributed by atoms with Crippen LogP contribution < -0.4 is 5.32 Å². The SMILES string of the molecule is Cc1oncc1C(=O)N[C@H]1CC[C@H]1c1ccc(Cl)cc1. The number of nitrogens with one attached hydrogen (secondary N) is 1. The zero-order chi connectivity index (χ0) is 14.1. The van der Waals surface area contributed by atoms with Crippen LogP contribution in [-0.4, -0.2) is 17.1 Å². The highest BCUT2D eigenvalue weighted by Crippen LogP contribution is 2.37. The predicted molar refractivity (Wildman–Crippen MR) is 75.9 cm³/mol.